The zero-order chi connectivity index (χ0) is 15.4. The molecule has 1 aliphatic rings. The van der Waals surface area contributed by atoms with Gasteiger partial charge < -0.3 is 20.7 Å². The van der Waals surface area contributed by atoms with Crippen molar-refractivity contribution < 1.29 is 14.3 Å². The van der Waals surface area contributed by atoms with Gasteiger partial charge in [-0.25, -0.2) is 0 Å². The van der Waals surface area contributed by atoms with Crippen LogP contribution in [0.4, 0.5) is 11.4 Å². The first-order valence-electron chi connectivity index (χ1n) is 7.14. The van der Waals surface area contributed by atoms with Gasteiger partial charge in [0.05, 0.1) is 5.69 Å². The van der Waals surface area contributed by atoms with Crippen molar-refractivity contribution in [2.24, 2.45) is 5.92 Å². The molecule has 21 heavy (non-hydrogen) atoms. The van der Waals surface area contributed by atoms with E-state index in [2.05, 4.69) is 16.0 Å². The van der Waals surface area contributed by atoms with E-state index in [1.807, 2.05) is 13.8 Å². The first-order valence-corrected chi connectivity index (χ1v) is 7.14. The molecular weight excluding hydrogens is 270 g/mol. The van der Waals surface area contributed by atoms with Gasteiger partial charge in [-0.1, -0.05) is 13.8 Å². The maximum atomic E-state index is 12.0. The quantitative estimate of drug-likeness (QED) is 0.769. The minimum absolute atomic E-state index is 0.0627. The van der Waals surface area contributed by atoms with Crippen molar-refractivity contribution in [3.8, 4) is 5.75 Å². The third kappa shape index (κ3) is 3.72. The van der Waals surface area contributed by atoms with E-state index in [1.54, 1.807) is 25.1 Å². The van der Waals surface area contributed by atoms with Gasteiger partial charge in [0.15, 0.2) is 6.10 Å². The SMILES string of the molecule is CCNCC(C)C(=O)Nc1ccc2c(c1)NC(=O)C(C)O2. The molecule has 0 saturated heterocycles. The van der Waals surface area contributed by atoms with Crippen molar-refractivity contribution in [3.63, 3.8) is 0 Å². The number of hydrogen-bond donors (Lipinski definition) is 3. The Balaban J connectivity index is 2.04. The highest BCUT2D eigenvalue weighted by atomic mass is 16.5. The molecule has 2 rings (SSSR count). The van der Waals surface area contributed by atoms with E-state index >= 15 is 0 Å². The van der Waals surface area contributed by atoms with E-state index < -0.39 is 6.10 Å². The Hall–Kier alpha value is -2.08. The molecule has 1 heterocycles. The summed E-state index contributed by atoms with van der Waals surface area (Å²) in [4.78, 5) is 23.6. The minimum atomic E-state index is -0.502. The average Bonchev–Trinajstić information content (AvgIpc) is 2.46. The van der Waals surface area contributed by atoms with E-state index in [0.29, 0.717) is 23.7 Å². The number of carbonyl (C=O) groups is 2. The number of fused-ring (bicyclic) bond motifs is 1. The van der Waals surface area contributed by atoms with Gasteiger partial charge in [-0.05, 0) is 31.7 Å². The number of ether oxygens (including phenoxy) is 1. The van der Waals surface area contributed by atoms with Crippen LogP contribution in [0.3, 0.4) is 0 Å². The van der Waals surface area contributed by atoms with E-state index in [0.717, 1.165) is 6.54 Å². The molecule has 0 fully saturated rings. The second-order valence-corrected chi connectivity index (χ2v) is 5.16. The highest BCUT2D eigenvalue weighted by Crippen LogP contribution is 2.32. The Bertz CT molecular complexity index is 545. The number of carbonyl (C=O) groups excluding carboxylic acids is 2. The topological polar surface area (TPSA) is 79.5 Å². The van der Waals surface area contributed by atoms with Crippen molar-refractivity contribution in [2.45, 2.75) is 26.9 Å². The van der Waals surface area contributed by atoms with Crippen LogP contribution >= 0.6 is 0 Å². The van der Waals surface area contributed by atoms with Gasteiger partial charge in [-0.3, -0.25) is 9.59 Å². The first-order chi connectivity index (χ1) is 10.0. The van der Waals surface area contributed by atoms with Crippen LogP contribution in [-0.2, 0) is 9.59 Å². The Morgan fingerprint density at radius 3 is 2.95 bits per heavy atom. The van der Waals surface area contributed by atoms with E-state index in [9.17, 15) is 9.59 Å². The maximum Gasteiger partial charge on any atom is 0.265 e. The Morgan fingerprint density at radius 1 is 1.48 bits per heavy atom. The molecule has 2 unspecified atom stereocenters. The molecule has 1 aromatic rings. The van der Waals surface area contributed by atoms with Gasteiger partial charge in [0, 0.05) is 18.2 Å². The molecule has 114 valence electrons. The number of rotatable bonds is 5. The standard InChI is InChI=1S/C15H21N3O3/c1-4-16-8-9(2)14(19)17-11-5-6-13-12(7-11)18-15(20)10(3)21-13/h5-7,9-10,16H,4,8H2,1-3H3,(H,17,19)(H,18,20). The summed E-state index contributed by atoms with van der Waals surface area (Å²) in [7, 11) is 0. The molecule has 0 bridgehead atoms. The molecule has 2 atom stereocenters. The van der Waals surface area contributed by atoms with E-state index in [-0.39, 0.29) is 17.7 Å². The van der Waals surface area contributed by atoms with Gasteiger partial charge in [-0.2, -0.15) is 0 Å². The largest absolute Gasteiger partial charge is 0.479 e. The van der Waals surface area contributed by atoms with Crippen LogP contribution in [0.2, 0.25) is 0 Å². The van der Waals surface area contributed by atoms with Crippen molar-refractivity contribution in [3.05, 3.63) is 18.2 Å². The second kappa shape index (κ2) is 6.58. The lowest BCUT2D eigenvalue weighted by molar-refractivity contribution is -0.122. The van der Waals surface area contributed by atoms with Crippen molar-refractivity contribution >= 4 is 23.2 Å². The summed E-state index contributed by atoms with van der Waals surface area (Å²) in [5.41, 5.74) is 1.22. The number of hydrogen-bond acceptors (Lipinski definition) is 4. The van der Waals surface area contributed by atoms with E-state index in [4.69, 9.17) is 4.74 Å². The molecule has 0 saturated carbocycles. The zero-order valence-corrected chi connectivity index (χ0v) is 12.5. The highest BCUT2D eigenvalue weighted by Gasteiger charge is 2.23. The average molecular weight is 291 g/mol. The van der Waals surface area contributed by atoms with Gasteiger partial charge in [0.2, 0.25) is 5.91 Å². The molecule has 1 aliphatic heterocycles. The summed E-state index contributed by atoms with van der Waals surface area (Å²) < 4.78 is 5.47. The summed E-state index contributed by atoms with van der Waals surface area (Å²) >= 11 is 0. The number of nitrogens with one attached hydrogen (secondary N) is 3. The minimum Gasteiger partial charge on any atom is -0.479 e. The molecule has 3 N–H and O–H groups in total. The molecular formula is C15H21N3O3. The monoisotopic (exact) mass is 291 g/mol. The fraction of sp³-hybridized carbons (Fsp3) is 0.467. The highest BCUT2D eigenvalue weighted by molar-refractivity contribution is 5.99. The Labute approximate surface area is 124 Å². The van der Waals surface area contributed by atoms with Crippen molar-refractivity contribution in [1.29, 1.82) is 0 Å². The third-order valence-corrected chi connectivity index (χ3v) is 3.33. The van der Waals surface area contributed by atoms with Crippen LogP contribution < -0.4 is 20.7 Å². The van der Waals surface area contributed by atoms with Crippen LogP contribution in [0.1, 0.15) is 20.8 Å². The molecule has 6 heteroatoms. The molecule has 6 nitrogen and oxygen atoms in total. The molecule has 0 spiro atoms. The van der Waals surface area contributed by atoms with Crippen LogP contribution in [0, 0.1) is 5.92 Å². The molecule has 1 aromatic carbocycles. The number of amides is 2. The molecule has 2 amide bonds. The molecule has 0 aromatic heterocycles. The van der Waals surface area contributed by atoms with E-state index in [1.165, 1.54) is 0 Å². The summed E-state index contributed by atoms with van der Waals surface area (Å²) in [6.07, 6.45) is -0.502. The summed E-state index contributed by atoms with van der Waals surface area (Å²) in [6, 6.07) is 5.22. The summed E-state index contributed by atoms with van der Waals surface area (Å²) in [5.74, 6) is 0.228. The van der Waals surface area contributed by atoms with Gasteiger partial charge in [0.25, 0.3) is 5.91 Å². The summed E-state index contributed by atoms with van der Waals surface area (Å²) in [5, 5.41) is 8.74. The lowest BCUT2D eigenvalue weighted by atomic mass is 10.1. The molecule has 0 aliphatic carbocycles. The third-order valence-electron chi connectivity index (χ3n) is 3.33. The van der Waals surface area contributed by atoms with Crippen LogP contribution in [-0.4, -0.2) is 31.0 Å². The lowest BCUT2D eigenvalue weighted by Crippen LogP contribution is -2.34. The predicted octanol–water partition coefficient (Wildman–Crippen LogP) is 1.59. The zero-order valence-electron chi connectivity index (χ0n) is 12.5. The Kier molecular flexibility index (Phi) is 4.80. The number of anilines is 2. The van der Waals surface area contributed by atoms with Gasteiger partial charge in [0.1, 0.15) is 5.75 Å². The van der Waals surface area contributed by atoms with Crippen LogP contribution in [0.25, 0.3) is 0 Å². The first kappa shape index (κ1) is 15.3. The summed E-state index contributed by atoms with van der Waals surface area (Å²) in [6.45, 7) is 7.01. The second-order valence-electron chi connectivity index (χ2n) is 5.16. The van der Waals surface area contributed by atoms with Crippen molar-refractivity contribution in [2.75, 3.05) is 23.7 Å². The number of benzene rings is 1. The Morgan fingerprint density at radius 2 is 2.24 bits per heavy atom. The van der Waals surface area contributed by atoms with Crippen molar-refractivity contribution in [1.82, 2.24) is 5.32 Å². The normalized spacial score (nSPS) is 18.2. The fourth-order valence-electron chi connectivity index (χ4n) is 2.01. The maximum absolute atomic E-state index is 12.0. The van der Waals surface area contributed by atoms with Gasteiger partial charge in [-0.15, -0.1) is 0 Å². The van der Waals surface area contributed by atoms with Crippen LogP contribution in [0.5, 0.6) is 5.75 Å². The predicted molar refractivity (Wildman–Crippen MR) is 81.5 cm³/mol. The van der Waals surface area contributed by atoms with Crippen LogP contribution in [0.15, 0.2) is 18.2 Å². The fourth-order valence-corrected chi connectivity index (χ4v) is 2.01. The molecule has 0 radical (unpaired) electrons. The lowest BCUT2D eigenvalue weighted by Gasteiger charge is -2.24. The van der Waals surface area contributed by atoms with Gasteiger partial charge >= 0.3 is 0 Å². The smallest absolute Gasteiger partial charge is 0.265 e.